The Morgan fingerprint density at radius 1 is 1.44 bits per heavy atom. The van der Waals surface area contributed by atoms with Crippen molar-refractivity contribution in [3.8, 4) is 0 Å². The van der Waals surface area contributed by atoms with Crippen molar-refractivity contribution in [2.24, 2.45) is 5.84 Å². The SMILES string of the molecule is CCN(CC(C)O)c1ccc(N(N)C(=O)O)nn1. The first-order valence-electron chi connectivity index (χ1n) is 5.50. The number of anilines is 2. The molecular weight excluding hydrogens is 238 g/mol. The van der Waals surface area contributed by atoms with Gasteiger partial charge in [0.25, 0.3) is 0 Å². The van der Waals surface area contributed by atoms with Gasteiger partial charge in [-0.15, -0.1) is 10.2 Å². The molecule has 0 aliphatic carbocycles. The van der Waals surface area contributed by atoms with Crippen molar-refractivity contribution in [2.45, 2.75) is 20.0 Å². The van der Waals surface area contributed by atoms with Gasteiger partial charge in [-0.3, -0.25) is 0 Å². The first kappa shape index (κ1) is 14.1. The number of rotatable bonds is 5. The lowest BCUT2D eigenvalue weighted by Gasteiger charge is -2.23. The molecule has 0 aromatic carbocycles. The highest BCUT2D eigenvalue weighted by Gasteiger charge is 2.13. The number of aliphatic hydroxyl groups is 1. The van der Waals surface area contributed by atoms with Crippen LogP contribution in [-0.4, -0.2) is 45.7 Å². The lowest BCUT2D eigenvalue weighted by Crippen LogP contribution is -2.37. The molecular formula is C10H17N5O3. The largest absolute Gasteiger partial charge is 0.464 e. The molecule has 1 heterocycles. The third-order valence-electron chi connectivity index (χ3n) is 2.28. The minimum atomic E-state index is -1.31. The summed E-state index contributed by atoms with van der Waals surface area (Å²) in [5.74, 6) is 5.85. The summed E-state index contributed by atoms with van der Waals surface area (Å²) >= 11 is 0. The minimum Gasteiger partial charge on any atom is -0.464 e. The number of carbonyl (C=O) groups is 1. The average molecular weight is 255 g/mol. The van der Waals surface area contributed by atoms with Crippen molar-refractivity contribution >= 4 is 17.7 Å². The lowest BCUT2D eigenvalue weighted by molar-refractivity contribution is 0.200. The van der Waals surface area contributed by atoms with Crippen LogP contribution in [0.4, 0.5) is 16.4 Å². The highest BCUT2D eigenvalue weighted by atomic mass is 16.4. The third-order valence-corrected chi connectivity index (χ3v) is 2.28. The zero-order chi connectivity index (χ0) is 13.7. The van der Waals surface area contributed by atoms with Crippen LogP contribution in [0.25, 0.3) is 0 Å². The van der Waals surface area contributed by atoms with Gasteiger partial charge in [0.15, 0.2) is 11.6 Å². The molecule has 1 atom stereocenters. The summed E-state index contributed by atoms with van der Waals surface area (Å²) in [6, 6.07) is 3.07. The smallest absolute Gasteiger partial charge is 0.427 e. The lowest BCUT2D eigenvalue weighted by atomic mass is 10.3. The van der Waals surface area contributed by atoms with Crippen LogP contribution in [0.1, 0.15) is 13.8 Å². The van der Waals surface area contributed by atoms with E-state index in [2.05, 4.69) is 10.2 Å². The summed E-state index contributed by atoms with van der Waals surface area (Å²) in [6.07, 6.45) is -1.80. The second-order valence-electron chi connectivity index (χ2n) is 3.79. The first-order valence-corrected chi connectivity index (χ1v) is 5.50. The van der Waals surface area contributed by atoms with Gasteiger partial charge < -0.3 is 15.1 Å². The predicted octanol–water partition coefficient (Wildman–Crippen LogP) is 0.0418. The molecule has 18 heavy (non-hydrogen) atoms. The molecule has 1 aromatic heterocycles. The fourth-order valence-corrected chi connectivity index (χ4v) is 1.42. The molecule has 0 fully saturated rings. The quantitative estimate of drug-likeness (QED) is 0.386. The summed E-state index contributed by atoms with van der Waals surface area (Å²) in [6.45, 7) is 4.68. The average Bonchev–Trinajstić information content (AvgIpc) is 2.35. The summed E-state index contributed by atoms with van der Waals surface area (Å²) in [5.41, 5.74) is 0. The van der Waals surface area contributed by atoms with Crippen LogP contribution in [0, 0.1) is 0 Å². The van der Waals surface area contributed by atoms with Gasteiger partial charge in [-0.2, -0.15) is 5.01 Å². The number of nitrogens with two attached hydrogens (primary N) is 1. The predicted molar refractivity (Wildman–Crippen MR) is 66.3 cm³/mol. The van der Waals surface area contributed by atoms with Gasteiger partial charge in [0.05, 0.1) is 6.10 Å². The van der Waals surface area contributed by atoms with Crippen LogP contribution in [0.5, 0.6) is 0 Å². The van der Waals surface area contributed by atoms with E-state index in [-0.39, 0.29) is 5.82 Å². The van der Waals surface area contributed by atoms with Crippen molar-refractivity contribution in [1.29, 1.82) is 0 Å². The van der Waals surface area contributed by atoms with Crippen LogP contribution in [0.3, 0.4) is 0 Å². The first-order chi connectivity index (χ1) is 8.45. The molecule has 0 spiro atoms. The molecule has 100 valence electrons. The number of hydrogen-bond acceptors (Lipinski definition) is 6. The standard InChI is InChI=1S/C10H17N5O3/c1-3-14(6-7(2)16)8-4-5-9(13-12-8)15(11)10(17)18/h4-5,7,16H,3,6,11H2,1-2H3,(H,17,18). The molecule has 0 bridgehead atoms. The van der Waals surface area contributed by atoms with E-state index < -0.39 is 12.2 Å². The number of likely N-dealkylation sites (N-methyl/N-ethyl adjacent to an activating group) is 1. The van der Waals surface area contributed by atoms with Gasteiger partial charge in [0, 0.05) is 13.1 Å². The highest BCUT2D eigenvalue weighted by molar-refractivity contribution is 5.83. The maximum absolute atomic E-state index is 10.6. The Morgan fingerprint density at radius 2 is 2.00 bits per heavy atom. The number of hydrazine groups is 1. The number of hydrogen-bond donors (Lipinski definition) is 3. The molecule has 1 aromatic rings. The van der Waals surface area contributed by atoms with E-state index in [0.717, 1.165) is 0 Å². The number of amides is 1. The zero-order valence-corrected chi connectivity index (χ0v) is 10.3. The summed E-state index contributed by atoms with van der Waals surface area (Å²) in [5, 5.41) is 26.1. The number of nitrogens with zero attached hydrogens (tertiary/aromatic N) is 4. The van der Waals surface area contributed by atoms with Crippen LogP contribution in [-0.2, 0) is 0 Å². The Morgan fingerprint density at radius 3 is 2.39 bits per heavy atom. The third kappa shape index (κ3) is 3.54. The minimum absolute atomic E-state index is 0.0411. The highest BCUT2D eigenvalue weighted by Crippen LogP contribution is 2.13. The monoisotopic (exact) mass is 255 g/mol. The van der Waals surface area contributed by atoms with E-state index in [1.165, 1.54) is 6.07 Å². The molecule has 0 radical (unpaired) electrons. The van der Waals surface area contributed by atoms with Gasteiger partial charge in [-0.25, -0.2) is 10.6 Å². The van der Waals surface area contributed by atoms with Crippen LogP contribution >= 0.6 is 0 Å². The van der Waals surface area contributed by atoms with Crippen molar-refractivity contribution in [3.63, 3.8) is 0 Å². The fourth-order valence-electron chi connectivity index (χ4n) is 1.42. The Balaban J connectivity index is 2.83. The molecule has 0 saturated carbocycles. The Kier molecular flexibility index (Phi) is 4.81. The topological polar surface area (TPSA) is 116 Å². The summed E-state index contributed by atoms with van der Waals surface area (Å²) in [7, 11) is 0. The van der Waals surface area contributed by atoms with Crippen molar-refractivity contribution < 1.29 is 15.0 Å². The van der Waals surface area contributed by atoms with E-state index in [1.54, 1.807) is 13.0 Å². The molecule has 1 unspecified atom stereocenters. The Hall–Kier alpha value is -1.93. The fraction of sp³-hybridized carbons (Fsp3) is 0.500. The molecule has 1 rings (SSSR count). The van der Waals surface area contributed by atoms with Gasteiger partial charge >= 0.3 is 6.09 Å². The van der Waals surface area contributed by atoms with Gasteiger partial charge in [-0.1, -0.05) is 0 Å². The molecule has 0 aliphatic heterocycles. The van der Waals surface area contributed by atoms with Crippen molar-refractivity contribution in [1.82, 2.24) is 10.2 Å². The molecule has 0 aliphatic rings. The zero-order valence-electron chi connectivity index (χ0n) is 10.3. The second kappa shape index (κ2) is 6.12. The van der Waals surface area contributed by atoms with Gasteiger partial charge in [0.1, 0.15) is 0 Å². The molecule has 4 N–H and O–H groups in total. The van der Waals surface area contributed by atoms with Crippen LogP contribution in [0.15, 0.2) is 12.1 Å². The van der Waals surface area contributed by atoms with Crippen molar-refractivity contribution in [2.75, 3.05) is 23.0 Å². The van der Waals surface area contributed by atoms with Gasteiger partial charge in [0.2, 0.25) is 0 Å². The second-order valence-corrected chi connectivity index (χ2v) is 3.79. The molecule has 8 heteroatoms. The Labute approximate surface area is 105 Å². The van der Waals surface area contributed by atoms with Crippen molar-refractivity contribution in [3.05, 3.63) is 12.1 Å². The summed E-state index contributed by atoms with van der Waals surface area (Å²) < 4.78 is 0. The maximum atomic E-state index is 10.6. The number of aromatic nitrogens is 2. The maximum Gasteiger partial charge on any atom is 0.427 e. The molecule has 0 saturated heterocycles. The number of carboxylic acid groups (broad SMARTS) is 1. The van der Waals surface area contributed by atoms with E-state index >= 15 is 0 Å². The van der Waals surface area contributed by atoms with Gasteiger partial charge in [-0.05, 0) is 26.0 Å². The Bertz CT molecular complexity index is 395. The van der Waals surface area contributed by atoms with E-state index in [4.69, 9.17) is 10.9 Å². The molecule has 1 amide bonds. The van der Waals surface area contributed by atoms with E-state index in [0.29, 0.717) is 23.9 Å². The van der Waals surface area contributed by atoms with Crippen LogP contribution in [0.2, 0.25) is 0 Å². The normalized spacial score (nSPS) is 12.0. The molecule has 8 nitrogen and oxygen atoms in total. The van der Waals surface area contributed by atoms with E-state index in [9.17, 15) is 9.90 Å². The summed E-state index contributed by atoms with van der Waals surface area (Å²) in [4.78, 5) is 12.4. The van der Waals surface area contributed by atoms with E-state index in [1.807, 2.05) is 11.8 Å². The van der Waals surface area contributed by atoms with Crippen LogP contribution < -0.4 is 15.8 Å². The number of aliphatic hydroxyl groups excluding tert-OH is 1.